The van der Waals surface area contributed by atoms with Gasteiger partial charge in [-0.1, -0.05) is 54.5 Å². The average Bonchev–Trinajstić information content (AvgIpc) is 2.84. The normalized spacial score (nSPS) is 36.7. The Bertz CT molecular complexity index is 1390. The quantitative estimate of drug-likeness (QED) is 0.438. The summed E-state index contributed by atoms with van der Waals surface area (Å²) < 4.78 is 0. The van der Waals surface area contributed by atoms with Crippen molar-refractivity contribution in [2.24, 2.45) is 40.4 Å². The standard InChI is InChI=1S/C32H40O9/c1-13(2)11-18(34)12-17-9-10-19(35)22-20(17)15(5)30(7)24(26(22)37)28(39)32(41)27(38)21(16(6)33)25(36)23(14(3)4)31(32,8)29(30)40/h9-10,13-15,21,23-24,29,35,40-41H,11-12H2,1-8H3/t15-,21?,23?,24?,29-,30+,31+,32+/m1/s1. The number of aliphatic hydroxyl groups excluding tert-OH is 1. The van der Waals surface area contributed by atoms with Gasteiger partial charge >= 0.3 is 0 Å². The molecule has 2 fully saturated rings. The zero-order chi connectivity index (χ0) is 31.1. The summed E-state index contributed by atoms with van der Waals surface area (Å²) in [5.41, 5.74) is -6.11. The number of hydrogen-bond donors (Lipinski definition) is 3. The maximum Gasteiger partial charge on any atom is 0.191 e. The van der Waals surface area contributed by atoms with E-state index in [-0.39, 0.29) is 23.7 Å². The second-order valence-corrected chi connectivity index (χ2v) is 13.5. The zero-order valence-corrected chi connectivity index (χ0v) is 24.9. The third-order valence-electron chi connectivity index (χ3n) is 10.3. The van der Waals surface area contributed by atoms with Gasteiger partial charge in [0.05, 0.1) is 17.6 Å². The highest BCUT2D eigenvalue weighted by Gasteiger charge is 2.80. The largest absolute Gasteiger partial charge is 0.507 e. The molecule has 9 nitrogen and oxygen atoms in total. The first-order valence-corrected chi connectivity index (χ1v) is 14.2. The Kier molecular flexibility index (Phi) is 7.36. The summed E-state index contributed by atoms with van der Waals surface area (Å²) in [5.74, 6) is -11.8. The van der Waals surface area contributed by atoms with Crippen LogP contribution in [0.4, 0.5) is 0 Å². The van der Waals surface area contributed by atoms with Crippen molar-refractivity contribution in [2.75, 3.05) is 0 Å². The number of fused-ring (bicyclic) bond motifs is 3. The molecule has 9 heteroatoms. The van der Waals surface area contributed by atoms with Crippen LogP contribution in [-0.4, -0.2) is 61.7 Å². The number of benzene rings is 1. The topological polar surface area (TPSA) is 163 Å². The Balaban J connectivity index is 2.02. The Labute approximate surface area is 239 Å². The fourth-order valence-corrected chi connectivity index (χ4v) is 8.40. The van der Waals surface area contributed by atoms with Crippen molar-refractivity contribution in [3.8, 4) is 5.75 Å². The lowest BCUT2D eigenvalue weighted by molar-refractivity contribution is -0.240. The van der Waals surface area contributed by atoms with Crippen molar-refractivity contribution in [2.45, 2.75) is 85.9 Å². The van der Waals surface area contributed by atoms with Crippen molar-refractivity contribution in [1.82, 2.24) is 0 Å². The van der Waals surface area contributed by atoms with Gasteiger partial charge in [-0.05, 0) is 41.9 Å². The SMILES string of the molecule is CC(=O)C1C(=O)C(C(C)C)[C@@]2(C)[C@H](O)[C@]3(C)C(C(=O)c4c(O)ccc(CC(=O)CC(C)C)c4[C@H]3C)C(=O)[C@@]2(O)C1=O. The fraction of sp³-hybridized carbons (Fsp3) is 0.625. The molecule has 222 valence electrons. The smallest absolute Gasteiger partial charge is 0.191 e. The Morgan fingerprint density at radius 1 is 1.00 bits per heavy atom. The highest BCUT2D eigenvalue weighted by atomic mass is 16.3. The molecule has 0 spiro atoms. The number of hydrogen-bond acceptors (Lipinski definition) is 9. The van der Waals surface area contributed by atoms with E-state index in [2.05, 4.69) is 0 Å². The van der Waals surface area contributed by atoms with Gasteiger partial charge in [-0.25, -0.2) is 0 Å². The Morgan fingerprint density at radius 3 is 2.10 bits per heavy atom. The van der Waals surface area contributed by atoms with Crippen LogP contribution < -0.4 is 0 Å². The van der Waals surface area contributed by atoms with Gasteiger partial charge in [0, 0.05) is 29.6 Å². The highest BCUT2D eigenvalue weighted by Crippen LogP contribution is 2.66. The number of ketones is 6. The van der Waals surface area contributed by atoms with Crippen LogP contribution in [0.5, 0.6) is 5.75 Å². The molecule has 3 aliphatic rings. The highest BCUT2D eigenvalue weighted by molar-refractivity contribution is 6.33. The maximum atomic E-state index is 14.4. The van der Waals surface area contributed by atoms with Gasteiger partial charge in [0.25, 0.3) is 0 Å². The summed E-state index contributed by atoms with van der Waals surface area (Å²) in [4.78, 5) is 81.4. The van der Waals surface area contributed by atoms with Crippen molar-refractivity contribution < 1.29 is 44.1 Å². The summed E-state index contributed by atoms with van der Waals surface area (Å²) in [7, 11) is 0. The molecule has 3 unspecified atom stereocenters. The molecule has 0 amide bonds. The summed E-state index contributed by atoms with van der Waals surface area (Å²) in [6.45, 7) is 12.6. The van der Waals surface area contributed by atoms with Crippen LogP contribution in [0.15, 0.2) is 12.1 Å². The molecule has 4 rings (SSSR count). The van der Waals surface area contributed by atoms with Crippen LogP contribution in [0, 0.1) is 40.4 Å². The predicted octanol–water partition coefficient (Wildman–Crippen LogP) is 2.78. The van der Waals surface area contributed by atoms with Gasteiger partial charge in [-0.3, -0.25) is 28.8 Å². The average molecular weight is 569 g/mol. The number of phenolic OH excluding ortho intramolecular Hbond substituents is 1. The van der Waals surface area contributed by atoms with E-state index in [9.17, 15) is 44.1 Å². The van der Waals surface area contributed by atoms with Gasteiger partial charge in [0.1, 0.15) is 23.2 Å². The van der Waals surface area contributed by atoms with E-state index in [1.54, 1.807) is 26.8 Å². The molecule has 2 saturated carbocycles. The van der Waals surface area contributed by atoms with Gasteiger partial charge in [0.2, 0.25) is 0 Å². The van der Waals surface area contributed by atoms with E-state index in [0.717, 1.165) is 6.92 Å². The van der Waals surface area contributed by atoms with Crippen molar-refractivity contribution in [3.63, 3.8) is 0 Å². The minimum absolute atomic E-state index is 0.0315. The lowest BCUT2D eigenvalue weighted by Gasteiger charge is -2.65. The molecular weight excluding hydrogens is 528 g/mol. The van der Waals surface area contributed by atoms with Gasteiger partial charge in [0.15, 0.2) is 28.7 Å². The lowest BCUT2D eigenvalue weighted by Crippen LogP contribution is -2.82. The molecular formula is C32H40O9. The van der Waals surface area contributed by atoms with Crippen molar-refractivity contribution in [1.29, 1.82) is 0 Å². The van der Waals surface area contributed by atoms with E-state index in [0.29, 0.717) is 17.5 Å². The molecule has 0 aromatic heterocycles. The van der Waals surface area contributed by atoms with E-state index in [4.69, 9.17) is 0 Å². The van der Waals surface area contributed by atoms with E-state index in [1.165, 1.54) is 19.9 Å². The molecule has 0 aliphatic heterocycles. The molecule has 0 radical (unpaired) electrons. The molecule has 0 saturated heterocycles. The zero-order valence-electron chi connectivity index (χ0n) is 24.9. The van der Waals surface area contributed by atoms with Gasteiger partial charge in [-0.15, -0.1) is 0 Å². The third kappa shape index (κ3) is 3.80. The Morgan fingerprint density at radius 2 is 1.59 bits per heavy atom. The van der Waals surface area contributed by atoms with Crippen molar-refractivity contribution in [3.05, 3.63) is 28.8 Å². The second kappa shape index (κ2) is 9.76. The molecule has 8 atom stereocenters. The summed E-state index contributed by atoms with van der Waals surface area (Å²) in [6, 6.07) is 2.83. The summed E-state index contributed by atoms with van der Waals surface area (Å²) in [6.07, 6.45) is -1.48. The molecule has 0 bridgehead atoms. The first-order chi connectivity index (χ1) is 18.8. The summed E-state index contributed by atoms with van der Waals surface area (Å²) in [5, 5.41) is 35.2. The number of carbonyl (C=O) groups is 6. The second-order valence-electron chi connectivity index (χ2n) is 13.5. The van der Waals surface area contributed by atoms with Crippen LogP contribution in [0.2, 0.25) is 0 Å². The lowest BCUT2D eigenvalue weighted by atomic mass is 9.37. The van der Waals surface area contributed by atoms with Crippen LogP contribution in [0.3, 0.4) is 0 Å². The number of carbonyl (C=O) groups excluding carboxylic acids is 6. The number of Topliss-reactive ketones (excluding diaryl/α,β-unsaturated/α-hetero) is 6. The molecule has 41 heavy (non-hydrogen) atoms. The maximum absolute atomic E-state index is 14.4. The van der Waals surface area contributed by atoms with E-state index < -0.39 is 86.8 Å². The number of rotatable bonds is 6. The Hall–Kier alpha value is -3.04. The number of phenols is 1. The van der Waals surface area contributed by atoms with Crippen LogP contribution in [-0.2, 0) is 30.4 Å². The molecule has 3 N–H and O–H groups in total. The first kappa shape index (κ1) is 30.9. The predicted molar refractivity (Wildman–Crippen MR) is 147 cm³/mol. The van der Waals surface area contributed by atoms with Crippen LogP contribution >= 0.6 is 0 Å². The summed E-state index contributed by atoms with van der Waals surface area (Å²) >= 11 is 0. The molecule has 1 aromatic rings. The minimum atomic E-state index is -3.01. The van der Waals surface area contributed by atoms with Gasteiger partial charge < -0.3 is 15.3 Å². The van der Waals surface area contributed by atoms with E-state index >= 15 is 0 Å². The molecule has 0 heterocycles. The van der Waals surface area contributed by atoms with Crippen LogP contribution in [0.1, 0.15) is 89.2 Å². The van der Waals surface area contributed by atoms with Crippen LogP contribution in [0.25, 0.3) is 0 Å². The third-order valence-corrected chi connectivity index (χ3v) is 10.3. The first-order valence-electron chi connectivity index (χ1n) is 14.2. The minimum Gasteiger partial charge on any atom is -0.507 e. The molecule has 3 aliphatic carbocycles. The molecule has 1 aromatic carbocycles. The number of aromatic hydroxyl groups is 1. The van der Waals surface area contributed by atoms with Crippen molar-refractivity contribution >= 4 is 34.7 Å². The van der Waals surface area contributed by atoms with Gasteiger partial charge in [-0.2, -0.15) is 0 Å². The fourth-order valence-electron chi connectivity index (χ4n) is 8.40. The number of aliphatic hydroxyl groups is 2. The monoisotopic (exact) mass is 568 g/mol. The van der Waals surface area contributed by atoms with E-state index in [1.807, 2.05) is 13.8 Å².